The standard InChI is InChI=1S/C62H41N3/c1-61(2)48-25-11-9-21-42(48)43-33-31-41(36-53(43)61)40-32-34-49-47(35-40)58-46(55-37-54(38-17-5-3-6-18-38)63-60(64-55)39-19-7-4-8-20-39)24-16-27-51(58)62(49)50-26-12-14-30-57(50)65-56-29-13-10-22-44(56)45-23-15-28-52(62)59(45)65/h3-37H,1-2H3. The van der Waals surface area contributed by atoms with E-state index in [1.807, 2.05) is 6.07 Å². The number of rotatable bonds is 4. The van der Waals surface area contributed by atoms with Crippen LogP contribution in [0.2, 0.25) is 0 Å². The maximum atomic E-state index is 5.47. The SMILES string of the molecule is CC1(C)c2ccccc2-c2ccc(-c3ccc4c(c3)-c3c(-c5cc(-c6ccccc6)nc(-c6ccccc6)n5)cccc3C43c4ccccc4-n4c5ccccc5c5cccc3c54)cc21. The monoisotopic (exact) mass is 827 g/mol. The molecule has 2 aromatic heterocycles. The van der Waals surface area contributed by atoms with Gasteiger partial charge in [0.05, 0.1) is 33.5 Å². The maximum Gasteiger partial charge on any atom is 0.160 e. The van der Waals surface area contributed by atoms with Gasteiger partial charge in [0, 0.05) is 32.9 Å². The van der Waals surface area contributed by atoms with Crippen molar-refractivity contribution in [3.8, 4) is 73.0 Å². The predicted molar refractivity (Wildman–Crippen MR) is 267 cm³/mol. The van der Waals surface area contributed by atoms with E-state index >= 15 is 0 Å². The van der Waals surface area contributed by atoms with Crippen LogP contribution in [0.3, 0.4) is 0 Å². The highest BCUT2D eigenvalue weighted by molar-refractivity contribution is 6.13. The predicted octanol–water partition coefficient (Wildman–Crippen LogP) is 15.2. The van der Waals surface area contributed by atoms with Gasteiger partial charge >= 0.3 is 0 Å². The van der Waals surface area contributed by atoms with E-state index in [4.69, 9.17) is 9.97 Å². The molecule has 3 heteroatoms. The summed E-state index contributed by atoms with van der Waals surface area (Å²) in [7, 11) is 0. The molecule has 65 heavy (non-hydrogen) atoms. The molecule has 1 spiro atoms. The van der Waals surface area contributed by atoms with Crippen molar-refractivity contribution in [2.24, 2.45) is 0 Å². The number of fused-ring (bicyclic) bond motifs is 15. The molecule has 3 aliphatic rings. The van der Waals surface area contributed by atoms with Gasteiger partial charge in [-0.3, -0.25) is 0 Å². The maximum absolute atomic E-state index is 5.47. The van der Waals surface area contributed by atoms with Crippen molar-refractivity contribution in [2.75, 3.05) is 0 Å². The molecule has 3 nitrogen and oxygen atoms in total. The number of aromatic nitrogens is 3. The molecule has 0 fully saturated rings. The van der Waals surface area contributed by atoms with Crippen LogP contribution in [0.1, 0.15) is 47.2 Å². The van der Waals surface area contributed by atoms with Crippen LogP contribution in [-0.2, 0) is 10.8 Å². The van der Waals surface area contributed by atoms with Gasteiger partial charge in [-0.1, -0.05) is 196 Å². The lowest BCUT2D eigenvalue weighted by molar-refractivity contribution is 0.660. The van der Waals surface area contributed by atoms with Crippen LogP contribution in [0.25, 0.3) is 94.8 Å². The van der Waals surface area contributed by atoms with E-state index in [0.717, 1.165) is 28.1 Å². The second-order valence-corrected chi connectivity index (χ2v) is 18.4. The highest BCUT2D eigenvalue weighted by atomic mass is 15.0. The summed E-state index contributed by atoms with van der Waals surface area (Å²) >= 11 is 0. The third kappa shape index (κ3) is 4.85. The van der Waals surface area contributed by atoms with Crippen LogP contribution >= 0.6 is 0 Å². The molecule has 0 amide bonds. The smallest absolute Gasteiger partial charge is 0.160 e. The zero-order valence-electron chi connectivity index (χ0n) is 36.0. The van der Waals surface area contributed by atoms with Gasteiger partial charge in [0.25, 0.3) is 0 Å². The normalized spacial score (nSPS) is 15.7. The first-order valence-electron chi connectivity index (χ1n) is 22.7. The van der Waals surface area contributed by atoms with Gasteiger partial charge in [0.1, 0.15) is 0 Å². The molecule has 304 valence electrons. The Labute approximate surface area is 378 Å². The van der Waals surface area contributed by atoms with Crippen LogP contribution in [0.4, 0.5) is 0 Å². The molecule has 1 unspecified atom stereocenters. The quantitative estimate of drug-likeness (QED) is 0.177. The van der Waals surface area contributed by atoms with Gasteiger partial charge in [-0.2, -0.15) is 0 Å². The van der Waals surface area contributed by atoms with Crippen molar-refractivity contribution in [3.05, 3.63) is 246 Å². The first-order chi connectivity index (χ1) is 32.0. The molecule has 1 aliphatic heterocycles. The van der Waals surface area contributed by atoms with E-state index in [1.54, 1.807) is 0 Å². The van der Waals surface area contributed by atoms with Gasteiger partial charge in [-0.15, -0.1) is 0 Å². The summed E-state index contributed by atoms with van der Waals surface area (Å²) < 4.78 is 2.52. The van der Waals surface area contributed by atoms with E-state index in [2.05, 4.69) is 225 Å². The van der Waals surface area contributed by atoms with Gasteiger partial charge in [-0.25, -0.2) is 9.97 Å². The van der Waals surface area contributed by atoms with Crippen LogP contribution in [-0.4, -0.2) is 14.5 Å². The molecular weight excluding hydrogens is 787 g/mol. The molecule has 14 rings (SSSR count). The molecule has 3 heterocycles. The molecule has 0 radical (unpaired) electrons. The Morgan fingerprint density at radius 1 is 0.369 bits per heavy atom. The third-order valence-corrected chi connectivity index (χ3v) is 14.8. The van der Waals surface area contributed by atoms with E-state index in [1.165, 1.54) is 94.3 Å². The van der Waals surface area contributed by atoms with E-state index in [0.29, 0.717) is 5.82 Å². The second-order valence-electron chi connectivity index (χ2n) is 18.4. The van der Waals surface area contributed by atoms with Crippen molar-refractivity contribution in [3.63, 3.8) is 0 Å². The molecule has 2 aliphatic carbocycles. The summed E-state index contributed by atoms with van der Waals surface area (Å²) in [5.41, 5.74) is 23.3. The molecular formula is C62H41N3. The lowest BCUT2D eigenvalue weighted by Crippen LogP contribution is -2.33. The first-order valence-corrected chi connectivity index (χ1v) is 22.7. The number of benzene rings is 9. The Morgan fingerprint density at radius 3 is 1.85 bits per heavy atom. The Bertz CT molecular complexity index is 3740. The Balaban J connectivity index is 1.08. The minimum Gasteiger partial charge on any atom is -0.309 e. The Kier molecular flexibility index (Phi) is 7.38. The van der Waals surface area contributed by atoms with E-state index in [-0.39, 0.29) is 5.41 Å². The van der Waals surface area contributed by atoms with Crippen molar-refractivity contribution in [1.82, 2.24) is 14.5 Å². The Hall–Kier alpha value is -8.14. The van der Waals surface area contributed by atoms with Gasteiger partial charge in [0.15, 0.2) is 5.82 Å². The van der Waals surface area contributed by atoms with Crippen molar-refractivity contribution in [2.45, 2.75) is 24.7 Å². The molecule has 9 aromatic carbocycles. The minimum absolute atomic E-state index is 0.106. The number of para-hydroxylation sites is 3. The van der Waals surface area contributed by atoms with Crippen molar-refractivity contribution < 1.29 is 0 Å². The zero-order valence-corrected chi connectivity index (χ0v) is 36.0. The van der Waals surface area contributed by atoms with Gasteiger partial charge < -0.3 is 4.57 Å². The molecule has 0 saturated carbocycles. The fourth-order valence-corrected chi connectivity index (χ4v) is 12.0. The van der Waals surface area contributed by atoms with Gasteiger partial charge in [-0.05, 0) is 97.1 Å². The third-order valence-electron chi connectivity index (χ3n) is 14.8. The summed E-state index contributed by atoms with van der Waals surface area (Å²) in [6, 6.07) is 78.3. The highest BCUT2D eigenvalue weighted by Crippen LogP contribution is 2.63. The number of hydrogen-bond donors (Lipinski definition) is 0. The minimum atomic E-state index is -0.612. The zero-order chi connectivity index (χ0) is 43.0. The topological polar surface area (TPSA) is 30.7 Å². The molecule has 1 atom stereocenters. The largest absolute Gasteiger partial charge is 0.309 e. The second kappa shape index (κ2) is 13.2. The average Bonchev–Trinajstić information content (AvgIpc) is 3.95. The van der Waals surface area contributed by atoms with E-state index < -0.39 is 5.41 Å². The summed E-state index contributed by atoms with van der Waals surface area (Å²) in [4.78, 5) is 10.7. The molecule has 0 saturated heterocycles. The summed E-state index contributed by atoms with van der Waals surface area (Å²) in [5, 5.41) is 2.54. The molecule has 0 N–H and O–H groups in total. The van der Waals surface area contributed by atoms with Gasteiger partial charge in [0.2, 0.25) is 0 Å². The van der Waals surface area contributed by atoms with Crippen molar-refractivity contribution in [1.29, 1.82) is 0 Å². The lowest BCUT2D eigenvalue weighted by Gasteiger charge is -2.39. The van der Waals surface area contributed by atoms with Crippen LogP contribution in [0.5, 0.6) is 0 Å². The van der Waals surface area contributed by atoms with Crippen molar-refractivity contribution >= 4 is 21.8 Å². The fraction of sp³-hybridized carbons (Fsp3) is 0.0645. The Morgan fingerprint density at radius 2 is 0.985 bits per heavy atom. The van der Waals surface area contributed by atoms with Crippen LogP contribution in [0, 0.1) is 0 Å². The lowest BCUT2D eigenvalue weighted by atomic mass is 9.65. The summed E-state index contributed by atoms with van der Waals surface area (Å²) in [6.45, 7) is 4.73. The number of hydrogen-bond acceptors (Lipinski definition) is 2. The molecule has 11 aromatic rings. The molecule has 0 bridgehead atoms. The summed E-state index contributed by atoms with van der Waals surface area (Å²) in [6.07, 6.45) is 0. The van der Waals surface area contributed by atoms with E-state index in [9.17, 15) is 0 Å². The highest BCUT2D eigenvalue weighted by Gasteiger charge is 2.51. The van der Waals surface area contributed by atoms with Crippen LogP contribution < -0.4 is 0 Å². The average molecular weight is 828 g/mol. The summed E-state index contributed by atoms with van der Waals surface area (Å²) in [5.74, 6) is 0.709. The number of nitrogens with zero attached hydrogens (tertiary/aromatic N) is 3. The fourth-order valence-electron chi connectivity index (χ4n) is 12.0. The first kappa shape index (κ1) is 36.4. The van der Waals surface area contributed by atoms with Crippen LogP contribution in [0.15, 0.2) is 212 Å².